The Kier molecular flexibility index (Phi) is 2.35. The van der Waals surface area contributed by atoms with Crippen LogP contribution in [0.2, 0.25) is 0 Å². The average Bonchev–Trinajstić information content (AvgIpc) is 2.43. The number of hydrogen-bond donors (Lipinski definition) is 0. The molecule has 0 amide bonds. The summed E-state index contributed by atoms with van der Waals surface area (Å²) in [6, 6.07) is 6.20. The second-order valence-corrected chi connectivity index (χ2v) is 4.73. The lowest BCUT2D eigenvalue weighted by Crippen LogP contribution is -1.99. The van der Waals surface area contributed by atoms with Gasteiger partial charge in [-0.3, -0.25) is 0 Å². The average molecular weight is 253 g/mol. The number of aromatic nitrogens is 2. The van der Waals surface area contributed by atoms with Crippen molar-refractivity contribution in [3.05, 3.63) is 28.5 Å². The third kappa shape index (κ3) is 1.46. The summed E-state index contributed by atoms with van der Waals surface area (Å²) in [6.07, 6.45) is 0. The number of rotatable bonds is 1. The standard InChI is InChI=1S/C11H13BrN2/c1-7(2)11-13-9-6-8(12)4-5-10(9)14(11)3/h4-7H,1-3H3. The molecule has 1 heterocycles. The third-order valence-corrected chi connectivity index (χ3v) is 2.89. The molecule has 2 nitrogen and oxygen atoms in total. The zero-order chi connectivity index (χ0) is 10.3. The largest absolute Gasteiger partial charge is 0.331 e. The summed E-state index contributed by atoms with van der Waals surface area (Å²) in [5, 5.41) is 0. The monoisotopic (exact) mass is 252 g/mol. The number of nitrogens with zero attached hydrogens (tertiary/aromatic N) is 2. The minimum Gasteiger partial charge on any atom is -0.331 e. The minimum absolute atomic E-state index is 0.464. The maximum atomic E-state index is 4.61. The Labute approximate surface area is 92.1 Å². The zero-order valence-electron chi connectivity index (χ0n) is 8.58. The summed E-state index contributed by atoms with van der Waals surface area (Å²) in [5.74, 6) is 1.60. The summed E-state index contributed by atoms with van der Waals surface area (Å²) in [4.78, 5) is 4.61. The van der Waals surface area contributed by atoms with Gasteiger partial charge in [0.25, 0.3) is 0 Å². The molecule has 0 N–H and O–H groups in total. The van der Waals surface area contributed by atoms with Gasteiger partial charge in [-0.25, -0.2) is 4.98 Å². The highest BCUT2D eigenvalue weighted by Gasteiger charge is 2.10. The zero-order valence-corrected chi connectivity index (χ0v) is 10.2. The summed E-state index contributed by atoms with van der Waals surface area (Å²) < 4.78 is 3.24. The maximum absolute atomic E-state index is 4.61. The van der Waals surface area contributed by atoms with Crippen LogP contribution >= 0.6 is 15.9 Å². The molecular formula is C11H13BrN2. The van der Waals surface area contributed by atoms with Gasteiger partial charge < -0.3 is 4.57 Å². The number of imidazole rings is 1. The van der Waals surface area contributed by atoms with Gasteiger partial charge in [-0.2, -0.15) is 0 Å². The molecule has 2 aromatic rings. The lowest BCUT2D eigenvalue weighted by atomic mass is 10.2. The predicted molar refractivity (Wildman–Crippen MR) is 62.5 cm³/mol. The molecule has 0 spiro atoms. The number of aryl methyl sites for hydroxylation is 1. The van der Waals surface area contributed by atoms with Gasteiger partial charge in [-0.1, -0.05) is 29.8 Å². The van der Waals surface area contributed by atoms with Crippen LogP contribution in [0.25, 0.3) is 11.0 Å². The third-order valence-electron chi connectivity index (χ3n) is 2.39. The van der Waals surface area contributed by atoms with Gasteiger partial charge in [-0.15, -0.1) is 0 Å². The van der Waals surface area contributed by atoms with Crippen LogP contribution in [0.3, 0.4) is 0 Å². The molecule has 74 valence electrons. The fourth-order valence-corrected chi connectivity index (χ4v) is 2.06. The molecule has 0 bridgehead atoms. The molecule has 0 aliphatic heterocycles. The van der Waals surface area contributed by atoms with Gasteiger partial charge in [0, 0.05) is 17.4 Å². The number of benzene rings is 1. The van der Waals surface area contributed by atoms with Crippen molar-refractivity contribution in [1.82, 2.24) is 9.55 Å². The molecule has 0 aliphatic carbocycles. The highest BCUT2D eigenvalue weighted by Crippen LogP contribution is 2.23. The Morgan fingerprint density at radius 1 is 1.36 bits per heavy atom. The van der Waals surface area contributed by atoms with Crippen LogP contribution in [0.5, 0.6) is 0 Å². The first-order valence-corrected chi connectivity index (χ1v) is 5.51. The molecule has 0 radical (unpaired) electrons. The molecule has 0 atom stereocenters. The van der Waals surface area contributed by atoms with E-state index >= 15 is 0 Å². The van der Waals surface area contributed by atoms with Crippen molar-refractivity contribution >= 4 is 27.0 Å². The van der Waals surface area contributed by atoms with E-state index in [0.717, 1.165) is 15.8 Å². The van der Waals surface area contributed by atoms with E-state index in [1.165, 1.54) is 5.52 Å². The van der Waals surface area contributed by atoms with Crippen molar-refractivity contribution in [3.8, 4) is 0 Å². The van der Waals surface area contributed by atoms with Crippen molar-refractivity contribution in [3.63, 3.8) is 0 Å². The van der Waals surface area contributed by atoms with Gasteiger partial charge in [0.05, 0.1) is 11.0 Å². The fourth-order valence-electron chi connectivity index (χ4n) is 1.71. The molecule has 0 saturated heterocycles. The van der Waals surface area contributed by atoms with Crippen LogP contribution in [0, 0.1) is 0 Å². The van der Waals surface area contributed by atoms with Gasteiger partial charge >= 0.3 is 0 Å². The van der Waals surface area contributed by atoms with E-state index < -0.39 is 0 Å². The molecule has 1 aromatic heterocycles. The second-order valence-electron chi connectivity index (χ2n) is 3.82. The summed E-state index contributed by atoms with van der Waals surface area (Å²) in [6.45, 7) is 4.33. The van der Waals surface area contributed by atoms with Crippen molar-refractivity contribution in [1.29, 1.82) is 0 Å². The fraction of sp³-hybridized carbons (Fsp3) is 0.364. The molecule has 2 rings (SSSR count). The van der Waals surface area contributed by atoms with Crippen LogP contribution in [0.15, 0.2) is 22.7 Å². The predicted octanol–water partition coefficient (Wildman–Crippen LogP) is 3.46. The van der Waals surface area contributed by atoms with Crippen LogP contribution in [-0.4, -0.2) is 9.55 Å². The Hall–Kier alpha value is -0.830. The quantitative estimate of drug-likeness (QED) is 0.761. The topological polar surface area (TPSA) is 17.8 Å². The first kappa shape index (κ1) is 9.71. The van der Waals surface area contributed by atoms with Crippen molar-refractivity contribution in [2.75, 3.05) is 0 Å². The van der Waals surface area contributed by atoms with Crippen LogP contribution in [-0.2, 0) is 7.05 Å². The Balaban J connectivity index is 2.73. The smallest absolute Gasteiger partial charge is 0.112 e. The summed E-state index contributed by atoms with van der Waals surface area (Å²) in [5.41, 5.74) is 2.25. The summed E-state index contributed by atoms with van der Waals surface area (Å²) in [7, 11) is 2.07. The molecule has 3 heteroatoms. The lowest BCUT2D eigenvalue weighted by Gasteiger charge is -2.04. The van der Waals surface area contributed by atoms with E-state index in [1.807, 2.05) is 6.07 Å². The summed E-state index contributed by atoms with van der Waals surface area (Å²) >= 11 is 3.45. The molecule has 14 heavy (non-hydrogen) atoms. The number of hydrogen-bond acceptors (Lipinski definition) is 1. The van der Waals surface area contributed by atoms with Gasteiger partial charge in [0.1, 0.15) is 5.82 Å². The second kappa shape index (κ2) is 3.39. The highest BCUT2D eigenvalue weighted by molar-refractivity contribution is 9.10. The van der Waals surface area contributed by atoms with Gasteiger partial charge in [0.15, 0.2) is 0 Å². The molecule has 0 unspecified atom stereocenters. The van der Waals surface area contributed by atoms with E-state index in [0.29, 0.717) is 5.92 Å². The van der Waals surface area contributed by atoms with Crippen LogP contribution < -0.4 is 0 Å². The van der Waals surface area contributed by atoms with Crippen molar-refractivity contribution < 1.29 is 0 Å². The van der Waals surface area contributed by atoms with E-state index in [1.54, 1.807) is 0 Å². The Bertz CT molecular complexity index is 471. The van der Waals surface area contributed by atoms with Crippen molar-refractivity contribution in [2.45, 2.75) is 19.8 Å². The minimum atomic E-state index is 0.464. The number of halogens is 1. The van der Waals surface area contributed by atoms with Gasteiger partial charge in [-0.05, 0) is 18.2 Å². The van der Waals surface area contributed by atoms with Gasteiger partial charge in [0.2, 0.25) is 0 Å². The molecule has 0 fully saturated rings. The molecular weight excluding hydrogens is 240 g/mol. The Morgan fingerprint density at radius 2 is 2.07 bits per heavy atom. The Morgan fingerprint density at radius 3 is 2.71 bits per heavy atom. The van der Waals surface area contributed by atoms with Crippen LogP contribution in [0.1, 0.15) is 25.6 Å². The number of fused-ring (bicyclic) bond motifs is 1. The van der Waals surface area contributed by atoms with Crippen LogP contribution in [0.4, 0.5) is 0 Å². The van der Waals surface area contributed by atoms with Crippen molar-refractivity contribution in [2.24, 2.45) is 7.05 Å². The van der Waals surface area contributed by atoms with E-state index in [-0.39, 0.29) is 0 Å². The lowest BCUT2D eigenvalue weighted by molar-refractivity contribution is 0.722. The highest BCUT2D eigenvalue weighted by atomic mass is 79.9. The molecule has 1 aromatic carbocycles. The van der Waals surface area contributed by atoms with E-state index in [2.05, 4.69) is 58.5 Å². The molecule has 0 aliphatic rings. The first-order chi connectivity index (χ1) is 6.59. The van der Waals surface area contributed by atoms with E-state index in [9.17, 15) is 0 Å². The maximum Gasteiger partial charge on any atom is 0.112 e. The SMILES string of the molecule is CC(C)c1nc2cc(Br)ccc2n1C. The van der Waals surface area contributed by atoms with E-state index in [4.69, 9.17) is 0 Å². The molecule has 0 saturated carbocycles. The first-order valence-electron chi connectivity index (χ1n) is 4.71. The normalized spacial score (nSPS) is 11.5.